The van der Waals surface area contributed by atoms with Crippen LogP contribution in [0.15, 0.2) is 18.2 Å². The van der Waals surface area contributed by atoms with Crippen molar-refractivity contribution in [3.8, 4) is 11.6 Å². The molecule has 3 rings (SSSR count). The normalized spacial score (nSPS) is 14.8. The third-order valence-electron chi connectivity index (χ3n) is 5.31. The van der Waals surface area contributed by atoms with Gasteiger partial charge in [-0.3, -0.25) is 4.79 Å². The van der Waals surface area contributed by atoms with Crippen molar-refractivity contribution in [1.82, 2.24) is 10.3 Å². The highest BCUT2D eigenvalue weighted by atomic mass is 35.5. The third-order valence-corrected chi connectivity index (χ3v) is 7.01. The highest BCUT2D eigenvalue weighted by Gasteiger charge is 2.25. The first-order valence-corrected chi connectivity index (χ1v) is 11.8. The van der Waals surface area contributed by atoms with Crippen molar-refractivity contribution in [2.75, 3.05) is 12.3 Å². The Kier molecular flexibility index (Phi) is 8.04. The number of aromatic hydroxyl groups is 2. The molecule has 0 unspecified atom stereocenters. The van der Waals surface area contributed by atoms with Crippen LogP contribution in [0.2, 0.25) is 10.0 Å². The molecule has 2 aromatic rings. The Labute approximate surface area is 185 Å². The molecule has 29 heavy (non-hydrogen) atoms. The number of hydrogen-bond donors (Lipinski definition) is 4. The molecule has 0 radical (unpaired) electrons. The van der Waals surface area contributed by atoms with E-state index in [-0.39, 0.29) is 17.2 Å². The molecule has 1 amide bonds. The minimum atomic E-state index is -0.484. The van der Waals surface area contributed by atoms with E-state index in [0.29, 0.717) is 46.1 Å². The molecule has 1 aromatic carbocycles. The Morgan fingerprint density at radius 1 is 1.17 bits per heavy atom. The van der Waals surface area contributed by atoms with Gasteiger partial charge in [0.15, 0.2) is 5.75 Å². The van der Waals surface area contributed by atoms with Crippen LogP contribution >= 0.6 is 35.0 Å². The van der Waals surface area contributed by atoms with E-state index >= 15 is 0 Å². The van der Waals surface area contributed by atoms with Gasteiger partial charge in [0.2, 0.25) is 5.88 Å². The lowest BCUT2D eigenvalue weighted by Crippen LogP contribution is -2.25. The largest absolute Gasteiger partial charge is 0.505 e. The van der Waals surface area contributed by atoms with E-state index in [4.69, 9.17) is 23.2 Å². The maximum Gasteiger partial charge on any atom is 0.260 e. The summed E-state index contributed by atoms with van der Waals surface area (Å²) in [7, 11) is 0. The molecule has 4 N–H and O–H groups in total. The maximum atomic E-state index is 12.4. The van der Waals surface area contributed by atoms with Crippen molar-refractivity contribution in [3.63, 3.8) is 0 Å². The van der Waals surface area contributed by atoms with Crippen LogP contribution in [0.3, 0.4) is 0 Å². The molecular weight excluding hydrogens is 431 g/mol. The van der Waals surface area contributed by atoms with E-state index in [2.05, 4.69) is 10.3 Å². The van der Waals surface area contributed by atoms with E-state index < -0.39 is 5.91 Å². The first-order chi connectivity index (χ1) is 14.0. The van der Waals surface area contributed by atoms with Gasteiger partial charge in [-0.1, -0.05) is 61.4 Å². The molecule has 1 saturated carbocycles. The van der Waals surface area contributed by atoms with Gasteiger partial charge in [-0.2, -0.15) is 11.8 Å². The molecule has 0 saturated heterocycles. The number of halogens is 2. The standard InChI is InChI=1S/C21H26Cl2N2O3S/c22-15-7-4-8-16(23)14(15)12-29-10-9-24-20(27)18-19(26)17(25-21(18)28)11-13-5-2-1-3-6-13/h4,7-8,13,25-26,28H,1-3,5-6,9-12H2,(H,24,27). The van der Waals surface area contributed by atoms with Gasteiger partial charge in [0.1, 0.15) is 5.56 Å². The van der Waals surface area contributed by atoms with Crippen LogP contribution in [0.1, 0.15) is 53.7 Å². The van der Waals surface area contributed by atoms with Crippen LogP contribution < -0.4 is 5.32 Å². The molecule has 0 bridgehead atoms. The van der Waals surface area contributed by atoms with Crippen molar-refractivity contribution in [3.05, 3.63) is 45.1 Å². The van der Waals surface area contributed by atoms with Gasteiger partial charge in [-0.15, -0.1) is 0 Å². The topological polar surface area (TPSA) is 85.4 Å². The molecule has 5 nitrogen and oxygen atoms in total. The lowest BCUT2D eigenvalue weighted by atomic mass is 9.86. The molecule has 0 aliphatic heterocycles. The number of hydrogen-bond acceptors (Lipinski definition) is 4. The number of amides is 1. The second-order valence-corrected chi connectivity index (χ2v) is 9.31. The number of nitrogens with one attached hydrogen (secondary N) is 2. The van der Waals surface area contributed by atoms with Crippen molar-refractivity contribution < 1.29 is 15.0 Å². The summed E-state index contributed by atoms with van der Waals surface area (Å²) < 4.78 is 0. The summed E-state index contributed by atoms with van der Waals surface area (Å²) in [5.41, 5.74) is 1.35. The fourth-order valence-electron chi connectivity index (χ4n) is 3.74. The Bertz CT molecular complexity index is 830. The third kappa shape index (κ3) is 5.77. The maximum absolute atomic E-state index is 12.4. The summed E-state index contributed by atoms with van der Waals surface area (Å²) in [6.45, 7) is 0.396. The van der Waals surface area contributed by atoms with Crippen molar-refractivity contribution in [2.45, 2.75) is 44.3 Å². The van der Waals surface area contributed by atoms with E-state index in [1.54, 1.807) is 30.0 Å². The monoisotopic (exact) mass is 456 g/mol. The number of carbonyl (C=O) groups is 1. The highest BCUT2D eigenvalue weighted by Crippen LogP contribution is 2.35. The van der Waals surface area contributed by atoms with E-state index in [0.717, 1.165) is 18.4 Å². The summed E-state index contributed by atoms with van der Waals surface area (Å²) in [6, 6.07) is 5.40. The Balaban J connectivity index is 1.49. The Morgan fingerprint density at radius 3 is 2.55 bits per heavy atom. The first-order valence-electron chi connectivity index (χ1n) is 9.89. The number of aromatic amines is 1. The summed E-state index contributed by atoms with van der Waals surface area (Å²) in [5.74, 6) is 0.871. The van der Waals surface area contributed by atoms with Gasteiger partial charge in [0.05, 0.1) is 5.69 Å². The van der Waals surface area contributed by atoms with Crippen LogP contribution in [0.25, 0.3) is 0 Å². The number of rotatable bonds is 8. The first kappa shape index (κ1) is 22.2. The van der Waals surface area contributed by atoms with Crippen LogP contribution in [-0.2, 0) is 12.2 Å². The summed E-state index contributed by atoms with van der Waals surface area (Å²) in [5, 5.41) is 24.6. The molecular formula is C21H26Cl2N2O3S. The van der Waals surface area contributed by atoms with Crippen molar-refractivity contribution in [2.24, 2.45) is 5.92 Å². The summed E-state index contributed by atoms with van der Waals surface area (Å²) in [6.07, 6.45) is 6.54. The molecule has 0 spiro atoms. The van der Waals surface area contributed by atoms with Gasteiger partial charge < -0.3 is 20.5 Å². The molecule has 158 valence electrons. The Hall–Kier alpha value is -1.50. The zero-order valence-corrected chi connectivity index (χ0v) is 18.5. The van der Waals surface area contributed by atoms with E-state index in [9.17, 15) is 15.0 Å². The minimum absolute atomic E-state index is 0.0741. The SMILES string of the molecule is O=C(NCCSCc1c(Cl)cccc1Cl)c1c(O)[nH]c(CC2CCCCC2)c1O. The van der Waals surface area contributed by atoms with Crippen LogP contribution in [0, 0.1) is 5.92 Å². The predicted octanol–water partition coefficient (Wildman–Crippen LogP) is 5.52. The second kappa shape index (κ2) is 10.5. The lowest BCUT2D eigenvalue weighted by Gasteiger charge is -2.20. The van der Waals surface area contributed by atoms with Gasteiger partial charge in [-0.05, 0) is 30.0 Å². The van der Waals surface area contributed by atoms with Crippen LogP contribution in [-0.4, -0.2) is 33.4 Å². The second-order valence-electron chi connectivity index (χ2n) is 7.39. The number of benzene rings is 1. The quantitative estimate of drug-likeness (QED) is 0.394. The number of thioether (sulfide) groups is 1. The van der Waals surface area contributed by atoms with E-state index in [1.165, 1.54) is 19.3 Å². The van der Waals surface area contributed by atoms with Crippen molar-refractivity contribution in [1.29, 1.82) is 0 Å². The number of H-pyrrole nitrogens is 1. The number of carbonyl (C=O) groups excluding carboxylic acids is 1. The zero-order valence-electron chi connectivity index (χ0n) is 16.1. The van der Waals surface area contributed by atoms with Crippen molar-refractivity contribution >= 4 is 40.9 Å². The molecule has 1 aliphatic carbocycles. The lowest BCUT2D eigenvalue weighted by molar-refractivity contribution is 0.0951. The molecule has 1 heterocycles. The van der Waals surface area contributed by atoms with Gasteiger partial charge in [0, 0.05) is 28.1 Å². The molecule has 8 heteroatoms. The fourth-order valence-corrected chi connectivity index (χ4v) is 5.34. The predicted molar refractivity (Wildman–Crippen MR) is 119 cm³/mol. The zero-order chi connectivity index (χ0) is 20.8. The summed E-state index contributed by atoms with van der Waals surface area (Å²) >= 11 is 13.9. The fraction of sp³-hybridized carbons (Fsp3) is 0.476. The average Bonchev–Trinajstić information content (AvgIpc) is 2.97. The smallest absolute Gasteiger partial charge is 0.260 e. The molecule has 1 fully saturated rings. The van der Waals surface area contributed by atoms with E-state index in [1.807, 2.05) is 0 Å². The highest BCUT2D eigenvalue weighted by molar-refractivity contribution is 7.98. The molecule has 1 aliphatic rings. The van der Waals surface area contributed by atoms with Crippen LogP contribution in [0.4, 0.5) is 0 Å². The van der Waals surface area contributed by atoms with Gasteiger partial charge >= 0.3 is 0 Å². The molecule has 0 atom stereocenters. The Morgan fingerprint density at radius 2 is 1.86 bits per heavy atom. The van der Waals surface area contributed by atoms with Crippen LogP contribution in [0.5, 0.6) is 11.6 Å². The summed E-state index contributed by atoms with van der Waals surface area (Å²) in [4.78, 5) is 15.2. The number of aromatic nitrogens is 1. The van der Waals surface area contributed by atoms with Gasteiger partial charge in [0.25, 0.3) is 5.91 Å². The minimum Gasteiger partial charge on any atom is -0.505 e. The molecule has 1 aromatic heterocycles. The van der Waals surface area contributed by atoms with Gasteiger partial charge in [-0.25, -0.2) is 0 Å². The average molecular weight is 457 g/mol.